The van der Waals surface area contributed by atoms with Gasteiger partial charge in [-0.05, 0) is 31.7 Å². The van der Waals surface area contributed by atoms with Crippen LogP contribution < -0.4 is 5.32 Å². The zero-order valence-corrected chi connectivity index (χ0v) is 12.7. The topological polar surface area (TPSA) is 24.9 Å². The minimum Gasteiger partial charge on any atom is -0.314 e. The van der Waals surface area contributed by atoms with Crippen molar-refractivity contribution >= 4 is 11.3 Å². The molecule has 0 amide bonds. The third-order valence-electron chi connectivity index (χ3n) is 3.99. The van der Waals surface area contributed by atoms with Crippen LogP contribution in [0.15, 0.2) is 6.20 Å². The van der Waals surface area contributed by atoms with Crippen LogP contribution in [0.4, 0.5) is 0 Å². The molecule has 2 rings (SSSR count). The van der Waals surface area contributed by atoms with Crippen molar-refractivity contribution in [1.29, 1.82) is 0 Å². The molecule has 1 fully saturated rings. The number of thiazole rings is 1. The maximum atomic E-state index is 4.39. The minimum absolute atomic E-state index is 0.595. The zero-order chi connectivity index (χ0) is 13.0. The third-order valence-corrected chi connectivity index (χ3v) is 4.92. The highest BCUT2D eigenvalue weighted by Crippen LogP contribution is 2.33. The van der Waals surface area contributed by atoms with E-state index in [2.05, 4.69) is 37.3 Å². The van der Waals surface area contributed by atoms with Gasteiger partial charge in [-0.1, -0.05) is 39.5 Å². The fourth-order valence-corrected chi connectivity index (χ4v) is 3.87. The normalized spacial score (nSPS) is 18.7. The second-order valence-corrected chi connectivity index (χ2v) is 7.24. The second kappa shape index (κ2) is 6.67. The molecule has 1 aliphatic rings. The molecule has 0 aliphatic heterocycles. The number of aromatic nitrogens is 1. The molecular weight excluding hydrogens is 240 g/mol. The van der Waals surface area contributed by atoms with E-state index in [-0.39, 0.29) is 0 Å². The lowest BCUT2D eigenvalue weighted by molar-refractivity contribution is 0.314. The third kappa shape index (κ3) is 4.06. The standard InChI is InChI=1S/C15H26N2S/c1-11(2)16-9-14(13-6-4-5-7-13)8-15-10-17-12(3)18-15/h10-11,13-14,16H,4-9H2,1-3H3. The molecule has 1 aromatic rings. The van der Waals surface area contributed by atoms with Crippen molar-refractivity contribution < 1.29 is 0 Å². The molecule has 1 unspecified atom stereocenters. The Labute approximate surface area is 115 Å². The summed E-state index contributed by atoms with van der Waals surface area (Å²) in [6.45, 7) is 7.75. The lowest BCUT2D eigenvalue weighted by atomic mass is 9.87. The van der Waals surface area contributed by atoms with Crippen LogP contribution in [-0.2, 0) is 6.42 Å². The van der Waals surface area contributed by atoms with E-state index in [1.165, 1.54) is 48.5 Å². The molecule has 1 atom stereocenters. The first-order valence-electron chi connectivity index (χ1n) is 7.30. The van der Waals surface area contributed by atoms with Gasteiger partial charge in [0.2, 0.25) is 0 Å². The zero-order valence-electron chi connectivity index (χ0n) is 11.9. The highest BCUT2D eigenvalue weighted by Gasteiger charge is 2.25. The van der Waals surface area contributed by atoms with E-state index in [0.29, 0.717) is 6.04 Å². The lowest BCUT2D eigenvalue weighted by Crippen LogP contribution is -2.33. The average Bonchev–Trinajstić information content (AvgIpc) is 2.95. The highest BCUT2D eigenvalue weighted by molar-refractivity contribution is 7.11. The van der Waals surface area contributed by atoms with Crippen LogP contribution in [0.3, 0.4) is 0 Å². The molecule has 0 aromatic carbocycles. The summed E-state index contributed by atoms with van der Waals surface area (Å²) >= 11 is 1.87. The summed E-state index contributed by atoms with van der Waals surface area (Å²) in [5, 5.41) is 4.83. The van der Waals surface area contributed by atoms with Gasteiger partial charge in [0.25, 0.3) is 0 Å². The Balaban J connectivity index is 1.94. The van der Waals surface area contributed by atoms with E-state index in [1.54, 1.807) is 0 Å². The molecular formula is C15H26N2S. The number of aryl methyl sites for hydroxylation is 1. The van der Waals surface area contributed by atoms with Gasteiger partial charge in [0.1, 0.15) is 0 Å². The van der Waals surface area contributed by atoms with Crippen molar-refractivity contribution in [2.45, 2.75) is 58.9 Å². The average molecular weight is 266 g/mol. The van der Waals surface area contributed by atoms with E-state index in [0.717, 1.165) is 11.8 Å². The van der Waals surface area contributed by atoms with Gasteiger partial charge in [-0.25, -0.2) is 4.98 Å². The molecule has 0 bridgehead atoms. The summed E-state index contributed by atoms with van der Waals surface area (Å²) < 4.78 is 0. The van der Waals surface area contributed by atoms with Crippen LogP contribution in [0.1, 0.15) is 49.4 Å². The van der Waals surface area contributed by atoms with Crippen molar-refractivity contribution in [2.24, 2.45) is 11.8 Å². The Morgan fingerprint density at radius 1 is 1.39 bits per heavy atom. The summed E-state index contributed by atoms with van der Waals surface area (Å²) in [5.74, 6) is 1.73. The predicted molar refractivity (Wildman–Crippen MR) is 79.1 cm³/mol. The summed E-state index contributed by atoms with van der Waals surface area (Å²) in [6.07, 6.45) is 9.03. The largest absolute Gasteiger partial charge is 0.314 e. The van der Waals surface area contributed by atoms with Gasteiger partial charge in [0, 0.05) is 17.1 Å². The predicted octanol–water partition coefficient (Wildman–Crippen LogP) is 3.80. The molecule has 0 saturated heterocycles. The minimum atomic E-state index is 0.595. The van der Waals surface area contributed by atoms with Gasteiger partial charge in [0.05, 0.1) is 5.01 Å². The van der Waals surface area contributed by atoms with Gasteiger partial charge in [-0.15, -0.1) is 11.3 Å². The van der Waals surface area contributed by atoms with Crippen LogP contribution >= 0.6 is 11.3 Å². The maximum Gasteiger partial charge on any atom is 0.0896 e. The smallest absolute Gasteiger partial charge is 0.0896 e. The Morgan fingerprint density at radius 2 is 2.11 bits per heavy atom. The quantitative estimate of drug-likeness (QED) is 0.847. The molecule has 102 valence electrons. The Hall–Kier alpha value is -0.410. The Kier molecular flexibility index (Phi) is 5.19. The fourth-order valence-electron chi connectivity index (χ4n) is 2.98. The first kappa shape index (κ1) is 14.0. The molecule has 1 aromatic heterocycles. The first-order chi connectivity index (χ1) is 8.65. The van der Waals surface area contributed by atoms with Gasteiger partial charge >= 0.3 is 0 Å². The number of rotatable bonds is 6. The highest BCUT2D eigenvalue weighted by atomic mass is 32.1. The molecule has 0 radical (unpaired) electrons. The monoisotopic (exact) mass is 266 g/mol. The van der Waals surface area contributed by atoms with Crippen molar-refractivity contribution in [3.8, 4) is 0 Å². The molecule has 1 N–H and O–H groups in total. The Bertz CT molecular complexity index is 353. The Morgan fingerprint density at radius 3 is 2.67 bits per heavy atom. The summed E-state index contributed by atoms with van der Waals surface area (Å²) in [6, 6.07) is 0.595. The summed E-state index contributed by atoms with van der Waals surface area (Å²) in [7, 11) is 0. The van der Waals surface area contributed by atoms with Crippen molar-refractivity contribution in [2.75, 3.05) is 6.54 Å². The van der Waals surface area contributed by atoms with Crippen molar-refractivity contribution in [3.05, 3.63) is 16.1 Å². The van der Waals surface area contributed by atoms with Gasteiger partial charge in [-0.2, -0.15) is 0 Å². The van der Waals surface area contributed by atoms with E-state index in [4.69, 9.17) is 0 Å². The molecule has 18 heavy (non-hydrogen) atoms. The van der Waals surface area contributed by atoms with Crippen molar-refractivity contribution in [3.63, 3.8) is 0 Å². The lowest BCUT2D eigenvalue weighted by Gasteiger charge is -2.24. The number of hydrogen-bond donors (Lipinski definition) is 1. The first-order valence-corrected chi connectivity index (χ1v) is 8.11. The molecule has 1 saturated carbocycles. The number of nitrogens with one attached hydrogen (secondary N) is 1. The van der Waals surface area contributed by atoms with Crippen LogP contribution in [0.5, 0.6) is 0 Å². The summed E-state index contributed by atoms with van der Waals surface area (Å²) in [5.41, 5.74) is 0. The number of nitrogens with zero attached hydrogens (tertiary/aromatic N) is 1. The van der Waals surface area contributed by atoms with E-state index in [1.807, 2.05) is 11.3 Å². The van der Waals surface area contributed by atoms with E-state index in [9.17, 15) is 0 Å². The SMILES string of the molecule is Cc1ncc(CC(CNC(C)C)C2CCCC2)s1. The van der Waals surface area contributed by atoms with Crippen LogP contribution in [-0.4, -0.2) is 17.6 Å². The second-order valence-electron chi connectivity index (χ2n) is 5.92. The van der Waals surface area contributed by atoms with Gasteiger partial charge in [0.15, 0.2) is 0 Å². The van der Waals surface area contributed by atoms with Gasteiger partial charge in [-0.3, -0.25) is 0 Å². The van der Waals surface area contributed by atoms with Crippen LogP contribution in [0.25, 0.3) is 0 Å². The molecule has 2 nitrogen and oxygen atoms in total. The van der Waals surface area contributed by atoms with E-state index < -0.39 is 0 Å². The summed E-state index contributed by atoms with van der Waals surface area (Å²) in [4.78, 5) is 5.86. The molecule has 3 heteroatoms. The van der Waals surface area contributed by atoms with Crippen molar-refractivity contribution in [1.82, 2.24) is 10.3 Å². The maximum absolute atomic E-state index is 4.39. The van der Waals surface area contributed by atoms with Gasteiger partial charge < -0.3 is 5.32 Å². The van der Waals surface area contributed by atoms with Crippen LogP contribution in [0.2, 0.25) is 0 Å². The molecule has 1 heterocycles. The van der Waals surface area contributed by atoms with E-state index >= 15 is 0 Å². The number of hydrogen-bond acceptors (Lipinski definition) is 3. The fraction of sp³-hybridized carbons (Fsp3) is 0.800. The van der Waals surface area contributed by atoms with Crippen LogP contribution in [0, 0.1) is 18.8 Å². The molecule has 0 spiro atoms. The molecule has 1 aliphatic carbocycles.